The van der Waals surface area contributed by atoms with Gasteiger partial charge in [0, 0.05) is 5.56 Å². The number of nitrogens with zero attached hydrogens (tertiary/aromatic N) is 4. The van der Waals surface area contributed by atoms with Crippen molar-refractivity contribution in [1.29, 1.82) is 0 Å². The SMILES string of the molecule is COc1cccc(C(C)Nc2nc(OC3CCNCC3)nc3c(C(C)C)cnn23)c1. The van der Waals surface area contributed by atoms with E-state index in [9.17, 15) is 0 Å². The van der Waals surface area contributed by atoms with Gasteiger partial charge in [-0.2, -0.15) is 19.6 Å². The number of piperidine rings is 1. The van der Waals surface area contributed by atoms with Gasteiger partial charge in [-0.3, -0.25) is 0 Å². The minimum atomic E-state index is -0.00312. The molecule has 0 spiro atoms. The quantitative estimate of drug-likeness (QED) is 0.616. The zero-order chi connectivity index (χ0) is 21.1. The fraction of sp³-hybridized carbons (Fsp3) is 0.500. The Morgan fingerprint density at radius 3 is 2.70 bits per heavy atom. The first kappa shape index (κ1) is 20.4. The van der Waals surface area contributed by atoms with E-state index < -0.39 is 0 Å². The average molecular weight is 411 g/mol. The van der Waals surface area contributed by atoms with Crippen molar-refractivity contribution in [2.24, 2.45) is 0 Å². The lowest BCUT2D eigenvalue weighted by Crippen LogP contribution is -2.34. The first-order valence-electron chi connectivity index (χ1n) is 10.6. The number of benzene rings is 1. The molecule has 0 amide bonds. The van der Waals surface area contributed by atoms with Crippen LogP contribution in [-0.4, -0.2) is 45.9 Å². The molecule has 8 nitrogen and oxygen atoms in total. The Hall–Kier alpha value is -2.87. The van der Waals surface area contributed by atoms with E-state index in [0.717, 1.165) is 48.5 Å². The highest BCUT2D eigenvalue weighted by atomic mass is 16.5. The summed E-state index contributed by atoms with van der Waals surface area (Å²) in [6, 6.07) is 8.40. The van der Waals surface area contributed by atoms with Crippen LogP contribution in [0.4, 0.5) is 5.95 Å². The van der Waals surface area contributed by atoms with E-state index in [1.54, 1.807) is 11.6 Å². The number of anilines is 1. The van der Waals surface area contributed by atoms with Gasteiger partial charge in [-0.25, -0.2) is 0 Å². The monoisotopic (exact) mass is 410 g/mol. The van der Waals surface area contributed by atoms with Gasteiger partial charge in [-0.15, -0.1) is 0 Å². The molecule has 0 aliphatic carbocycles. The van der Waals surface area contributed by atoms with Gasteiger partial charge in [0.05, 0.1) is 19.3 Å². The zero-order valence-electron chi connectivity index (χ0n) is 18.1. The van der Waals surface area contributed by atoms with E-state index in [2.05, 4.69) is 47.6 Å². The summed E-state index contributed by atoms with van der Waals surface area (Å²) in [4.78, 5) is 9.39. The van der Waals surface area contributed by atoms with Crippen LogP contribution < -0.4 is 20.1 Å². The molecular weight excluding hydrogens is 380 g/mol. The maximum absolute atomic E-state index is 6.17. The Labute approximate surface area is 177 Å². The van der Waals surface area contributed by atoms with Gasteiger partial charge in [0.2, 0.25) is 5.95 Å². The van der Waals surface area contributed by atoms with Gasteiger partial charge in [0.15, 0.2) is 5.65 Å². The number of fused-ring (bicyclic) bond motifs is 1. The number of nitrogens with one attached hydrogen (secondary N) is 2. The molecule has 4 rings (SSSR count). The van der Waals surface area contributed by atoms with Gasteiger partial charge in [-0.05, 0) is 56.5 Å². The van der Waals surface area contributed by atoms with E-state index in [1.807, 2.05) is 24.4 Å². The molecular formula is C22H30N6O2. The van der Waals surface area contributed by atoms with E-state index in [0.29, 0.717) is 17.9 Å². The summed E-state index contributed by atoms with van der Waals surface area (Å²) in [7, 11) is 1.67. The number of rotatable bonds is 7. The normalized spacial score (nSPS) is 16.0. The van der Waals surface area contributed by atoms with Crippen molar-refractivity contribution in [1.82, 2.24) is 24.9 Å². The van der Waals surface area contributed by atoms with Crippen molar-refractivity contribution in [3.63, 3.8) is 0 Å². The van der Waals surface area contributed by atoms with Gasteiger partial charge in [0.25, 0.3) is 0 Å². The molecule has 1 unspecified atom stereocenters. The molecule has 1 aromatic carbocycles. The van der Waals surface area contributed by atoms with Gasteiger partial charge in [0.1, 0.15) is 11.9 Å². The van der Waals surface area contributed by atoms with Gasteiger partial charge < -0.3 is 20.1 Å². The van der Waals surface area contributed by atoms with Crippen LogP contribution in [0.3, 0.4) is 0 Å². The number of ether oxygens (including phenoxy) is 2. The van der Waals surface area contributed by atoms with Crippen LogP contribution in [0.15, 0.2) is 30.5 Å². The highest BCUT2D eigenvalue weighted by molar-refractivity contribution is 5.53. The lowest BCUT2D eigenvalue weighted by Gasteiger charge is -2.23. The second-order valence-corrected chi connectivity index (χ2v) is 8.03. The van der Waals surface area contributed by atoms with Crippen molar-refractivity contribution in [2.45, 2.75) is 51.7 Å². The summed E-state index contributed by atoms with van der Waals surface area (Å²) in [5.74, 6) is 1.74. The predicted molar refractivity (Wildman–Crippen MR) is 116 cm³/mol. The van der Waals surface area contributed by atoms with Crippen molar-refractivity contribution in [3.05, 3.63) is 41.6 Å². The minimum Gasteiger partial charge on any atom is -0.497 e. The molecule has 30 heavy (non-hydrogen) atoms. The summed E-state index contributed by atoms with van der Waals surface area (Å²) in [6.07, 6.45) is 3.90. The van der Waals surface area contributed by atoms with Crippen molar-refractivity contribution in [2.75, 3.05) is 25.5 Å². The van der Waals surface area contributed by atoms with Crippen LogP contribution >= 0.6 is 0 Å². The van der Waals surface area contributed by atoms with E-state index in [4.69, 9.17) is 14.5 Å². The molecule has 0 saturated carbocycles. The van der Waals surface area contributed by atoms with Crippen LogP contribution in [0.1, 0.15) is 56.7 Å². The Morgan fingerprint density at radius 1 is 1.17 bits per heavy atom. The third kappa shape index (κ3) is 4.33. The molecule has 2 N–H and O–H groups in total. The molecule has 160 valence electrons. The summed E-state index contributed by atoms with van der Waals surface area (Å²) < 4.78 is 13.3. The molecule has 1 aliphatic heterocycles. The van der Waals surface area contributed by atoms with E-state index in [1.165, 1.54) is 0 Å². The topological polar surface area (TPSA) is 85.6 Å². The largest absolute Gasteiger partial charge is 0.497 e. The molecule has 3 heterocycles. The molecule has 3 aromatic rings. The standard InChI is InChI=1S/C22H30N6O2/c1-14(2)19-13-24-28-20(19)26-22(30-17-8-10-23-11-9-17)27-21(28)25-15(3)16-6-5-7-18(12-16)29-4/h5-7,12-15,17,23H,8-11H2,1-4H3,(H,25,26,27). The highest BCUT2D eigenvalue weighted by Gasteiger charge is 2.21. The minimum absolute atomic E-state index is 0.00312. The zero-order valence-corrected chi connectivity index (χ0v) is 18.1. The molecule has 1 aliphatic rings. The van der Waals surface area contributed by atoms with Gasteiger partial charge >= 0.3 is 6.01 Å². The Bertz CT molecular complexity index is 996. The first-order valence-corrected chi connectivity index (χ1v) is 10.6. The Morgan fingerprint density at radius 2 is 1.97 bits per heavy atom. The van der Waals surface area contributed by atoms with Crippen LogP contribution in [-0.2, 0) is 0 Å². The lowest BCUT2D eigenvalue weighted by atomic mass is 10.1. The van der Waals surface area contributed by atoms with Crippen LogP contribution in [0, 0.1) is 0 Å². The van der Waals surface area contributed by atoms with Gasteiger partial charge in [-0.1, -0.05) is 26.0 Å². The summed E-state index contributed by atoms with van der Waals surface area (Å²) in [6.45, 7) is 8.27. The lowest BCUT2D eigenvalue weighted by molar-refractivity contribution is 0.149. The number of aromatic nitrogens is 4. The molecule has 8 heteroatoms. The Kier molecular flexibility index (Phi) is 6.03. The summed E-state index contributed by atoms with van der Waals surface area (Å²) in [5, 5.41) is 11.4. The van der Waals surface area contributed by atoms with Crippen LogP contribution in [0.2, 0.25) is 0 Å². The summed E-state index contributed by atoms with van der Waals surface area (Å²) in [5.41, 5.74) is 2.95. The fourth-order valence-corrected chi connectivity index (χ4v) is 3.68. The maximum atomic E-state index is 6.17. The highest BCUT2D eigenvalue weighted by Crippen LogP contribution is 2.27. The van der Waals surface area contributed by atoms with E-state index in [-0.39, 0.29) is 12.1 Å². The number of hydrogen-bond acceptors (Lipinski definition) is 7. The molecule has 0 radical (unpaired) electrons. The Balaban J connectivity index is 1.67. The smallest absolute Gasteiger partial charge is 0.322 e. The molecule has 0 bridgehead atoms. The maximum Gasteiger partial charge on any atom is 0.322 e. The van der Waals surface area contributed by atoms with Crippen LogP contribution in [0.25, 0.3) is 5.65 Å². The predicted octanol–water partition coefficient (Wildman–Crippen LogP) is 3.56. The van der Waals surface area contributed by atoms with Crippen LogP contribution in [0.5, 0.6) is 11.8 Å². The molecule has 1 atom stereocenters. The van der Waals surface area contributed by atoms with Crippen molar-refractivity contribution >= 4 is 11.6 Å². The number of hydrogen-bond donors (Lipinski definition) is 2. The molecule has 1 saturated heterocycles. The molecule has 2 aromatic heterocycles. The second-order valence-electron chi connectivity index (χ2n) is 8.03. The number of methoxy groups -OCH3 is 1. The molecule has 1 fully saturated rings. The van der Waals surface area contributed by atoms with Crippen molar-refractivity contribution in [3.8, 4) is 11.8 Å². The average Bonchev–Trinajstić information content (AvgIpc) is 3.19. The fourth-order valence-electron chi connectivity index (χ4n) is 3.68. The third-order valence-electron chi connectivity index (χ3n) is 5.49. The second kappa shape index (κ2) is 8.87. The first-order chi connectivity index (χ1) is 14.5. The summed E-state index contributed by atoms with van der Waals surface area (Å²) >= 11 is 0. The van der Waals surface area contributed by atoms with E-state index >= 15 is 0 Å². The van der Waals surface area contributed by atoms with Crippen molar-refractivity contribution < 1.29 is 9.47 Å². The third-order valence-corrected chi connectivity index (χ3v) is 5.49.